The molecule has 1 fully saturated rings. The van der Waals surface area contributed by atoms with Crippen molar-refractivity contribution >= 4 is 23.4 Å². The highest BCUT2D eigenvalue weighted by Gasteiger charge is 2.26. The van der Waals surface area contributed by atoms with Crippen molar-refractivity contribution in [2.75, 3.05) is 12.1 Å². The lowest BCUT2D eigenvalue weighted by molar-refractivity contribution is 0.0211. The predicted octanol–water partition coefficient (Wildman–Crippen LogP) is 1.49. The van der Waals surface area contributed by atoms with Gasteiger partial charge in [-0.15, -0.1) is 23.4 Å². The molecule has 0 bridgehead atoms. The fraction of sp³-hybridized carbons (Fsp3) is 0.444. The van der Waals surface area contributed by atoms with Crippen LogP contribution in [0.3, 0.4) is 0 Å². The van der Waals surface area contributed by atoms with Gasteiger partial charge >= 0.3 is 0 Å². The van der Waals surface area contributed by atoms with E-state index >= 15 is 0 Å². The van der Waals surface area contributed by atoms with Crippen LogP contribution in [0.2, 0.25) is 0 Å². The average Bonchev–Trinajstić information content (AvgIpc) is 2.77. The van der Waals surface area contributed by atoms with E-state index < -0.39 is 0 Å². The molecule has 1 aromatic heterocycles. The van der Waals surface area contributed by atoms with Crippen LogP contribution in [0.5, 0.6) is 0 Å². The largest absolute Gasteiger partial charge is 0.276 e. The van der Waals surface area contributed by atoms with Gasteiger partial charge in [0.15, 0.2) is 6.23 Å². The van der Waals surface area contributed by atoms with E-state index in [1.807, 2.05) is 18.4 Å². The number of nitrogens with one attached hydrogen (secondary N) is 2. The van der Waals surface area contributed by atoms with Gasteiger partial charge in [0.05, 0.1) is 12.0 Å². The van der Waals surface area contributed by atoms with Gasteiger partial charge in [0, 0.05) is 11.8 Å². The number of aromatic nitrogens is 1. The van der Waals surface area contributed by atoms with Gasteiger partial charge in [0.2, 0.25) is 0 Å². The molecule has 1 saturated heterocycles. The number of hydroxylamine groups is 1. The second-order valence-corrected chi connectivity index (χ2v) is 4.19. The summed E-state index contributed by atoms with van der Waals surface area (Å²) in [5.74, 6) is 0.464. The Bertz CT molecular complexity index is 339. The van der Waals surface area contributed by atoms with Crippen LogP contribution >= 0.6 is 23.4 Å². The van der Waals surface area contributed by atoms with Gasteiger partial charge in [0.25, 0.3) is 0 Å². The van der Waals surface area contributed by atoms with Crippen molar-refractivity contribution in [1.82, 2.24) is 15.8 Å². The molecule has 0 aliphatic carbocycles. The molecular formula is C9H12ClN3OS. The maximum atomic E-state index is 5.71. The van der Waals surface area contributed by atoms with Crippen molar-refractivity contribution in [1.29, 1.82) is 0 Å². The minimum Gasteiger partial charge on any atom is -0.276 e. The Morgan fingerprint density at radius 3 is 3.20 bits per heavy atom. The Balaban J connectivity index is 2.16. The lowest BCUT2D eigenvalue weighted by Crippen LogP contribution is -2.32. The molecule has 82 valence electrons. The molecule has 0 amide bonds. The number of hydrogen-bond donors (Lipinski definition) is 2. The Morgan fingerprint density at radius 1 is 1.67 bits per heavy atom. The molecule has 0 saturated carbocycles. The first-order valence-electron chi connectivity index (χ1n) is 4.57. The molecule has 6 heteroatoms. The van der Waals surface area contributed by atoms with Crippen LogP contribution in [0.15, 0.2) is 23.4 Å². The zero-order valence-electron chi connectivity index (χ0n) is 8.24. The van der Waals surface area contributed by atoms with Gasteiger partial charge in [-0.3, -0.25) is 10.2 Å². The van der Waals surface area contributed by atoms with Crippen LogP contribution in [0.25, 0.3) is 0 Å². The molecule has 0 spiro atoms. The summed E-state index contributed by atoms with van der Waals surface area (Å²) in [6, 6.07) is 3.89. The first-order chi connectivity index (χ1) is 7.35. The fourth-order valence-electron chi connectivity index (χ4n) is 1.40. The molecule has 2 unspecified atom stereocenters. The van der Waals surface area contributed by atoms with E-state index in [9.17, 15) is 0 Å². The molecule has 1 aliphatic rings. The topological polar surface area (TPSA) is 46.2 Å². The molecule has 0 radical (unpaired) electrons. The van der Waals surface area contributed by atoms with Gasteiger partial charge in [-0.25, -0.2) is 4.98 Å². The van der Waals surface area contributed by atoms with E-state index in [1.165, 1.54) is 0 Å². The van der Waals surface area contributed by atoms with Crippen molar-refractivity contribution in [3.8, 4) is 0 Å². The molecular weight excluding hydrogens is 234 g/mol. The number of pyridine rings is 1. The van der Waals surface area contributed by atoms with Crippen LogP contribution in [0, 0.1) is 0 Å². The van der Waals surface area contributed by atoms with E-state index in [0.29, 0.717) is 5.88 Å². The molecule has 2 N–H and O–H groups in total. The van der Waals surface area contributed by atoms with E-state index in [1.54, 1.807) is 18.0 Å². The van der Waals surface area contributed by atoms with Crippen LogP contribution in [-0.4, -0.2) is 23.3 Å². The van der Waals surface area contributed by atoms with Crippen molar-refractivity contribution in [3.63, 3.8) is 0 Å². The monoisotopic (exact) mass is 245 g/mol. The van der Waals surface area contributed by atoms with Gasteiger partial charge in [0.1, 0.15) is 5.03 Å². The summed E-state index contributed by atoms with van der Waals surface area (Å²) in [7, 11) is 0. The van der Waals surface area contributed by atoms with Gasteiger partial charge < -0.3 is 0 Å². The molecule has 4 nitrogen and oxygen atoms in total. The third-order valence-corrected chi connectivity index (χ3v) is 3.15. The number of halogens is 1. The highest BCUT2D eigenvalue weighted by Crippen LogP contribution is 2.26. The minimum atomic E-state index is -0.176. The highest BCUT2D eigenvalue weighted by atomic mass is 35.5. The number of alkyl halides is 1. The zero-order valence-corrected chi connectivity index (χ0v) is 9.81. The molecule has 2 heterocycles. The first-order valence-corrected chi connectivity index (χ1v) is 6.33. The van der Waals surface area contributed by atoms with Crippen LogP contribution in [0.4, 0.5) is 0 Å². The van der Waals surface area contributed by atoms with Crippen molar-refractivity contribution in [2.24, 2.45) is 0 Å². The summed E-state index contributed by atoms with van der Waals surface area (Å²) in [4.78, 5) is 9.66. The van der Waals surface area contributed by atoms with Crippen LogP contribution in [-0.2, 0) is 4.84 Å². The van der Waals surface area contributed by atoms with Crippen molar-refractivity contribution in [3.05, 3.63) is 23.9 Å². The summed E-state index contributed by atoms with van der Waals surface area (Å²) in [6.07, 6.45) is 3.58. The molecule has 2 rings (SSSR count). The minimum absolute atomic E-state index is 0.00780. The Hall–Kier alpha value is -0.330. The summed E-state index contributed by atoms with van der Waals surface area (Å²) >= 11 is 7.31. The molecule has 0 aromatic carbocycles. The molecule has 15 heavy (non-hydrogen) atoms. The standard InChI is InChI=1S/C9H12ClN3OS/c1-15-9-6(3-2-4-11-9)8-12-7(5-10)13-14-8/h2-4,7-8,12-13H,5H2,1H3. The lowest BCUT2D eigenvalue weighted by atomic mass is 10.2. The summed E-state index contributed by atoms with van der Waals surface area (Å²) < 4.78 is 0. The molecule has 1 aliphatic heterocycles. The first kappa shape index (κ1) is 11.2. The van der Waals surface area contributed by atoms with Gasteiger partial charge in [-0.05, 0) is 12.3 Å². The summed E-state index contributed by atoms with van der Waals surface area (Å²) in [5.41, 5.74) is 3.86. The molecule has 1 aromatic rings. The third kappa shape index (κ3) is 2.43. The Kier molecular flexibility index (Phi) is 3.82. The third-order valence-electron chi connectivity index (χ3n) is 2.11. The zero-order chi connectivity index (χ0) is 10.7. The maximum absolute atomic E-state index is 5.71. The fourth-order valence-corrected chi connectivity index (χ4v) is 2.13. The second kappa shape index (κ2) is 5.14. The Labute approximate surface area is 97.7 Å². The SMILES string of the molecule is CSc1ncccc1C1NC(CCl)NO1. The predicted molar refractivity (Wildman–Crippen MR) is 60.6 cm³/mol. The quantitative estimate of drug-likeness (QED) is 0.624. The van der Waals surface area contributed by atoms with Crippen LogP contribution in [0.1, 0.15) is 11.8 Å². The second-order valence-electron chi connectivity index (χ2n) is 3.09. The summed E-state index contributed by atoms with van der Waals surface area (Å²) in [6.45, 7) is 0. The van der Waals surface area contributed by atoms with Crippen molar-refractivity contribution in [2.45, 2.75) is 17.4 Å². The van der Waals surface area contributed by atoms with Gasteiger partial charge in [-0.2, -0.15) is 5.48 Å². The number of thioether (sulfide) groups is 1. The highest BCUT2D eigenvalue weighted by molar-refractivity contribution is 7.98. The normalized spacial score (nSPS) is 25.7. The van der Waals surface area contributed by atoms with E-state index in [0.717, 1.165) is 10.6 Å². The Morgan fingerprint density at radius 2 is 2.53 bits per heavy atom. The summed E-state index contributed by atoms with van der Waals surface area (Å²) in [5, 5.41) is 4.18. The van der Waals surface area contributed by atoms with Crippen molar-refractivity contribution < 1.29 is 4.84 Å². The van der Waals surface area contributed by atoms with E-state index in [-0.39, 0.29) is 12.4 Å². The average molecular weight is 246 g/mol. The molecule has 2 atom stereocenters. The smallest absolute Gasteiger partial charge is 0.159 e. The number of nitrogens with zero attached hydrogens (tertiary/aromatic N) is 1. The lowest BCUT2D eigenvalue weighted by Gasteiger charge is -2.11. The number of hydrogen-bond acceptors (Lipinski definition) is 5. The van der Waals surface area contributed by atoms with Gasteiger partial charge in [-0.1, -0.05) is 6.07 Å². The van der Waals surface area contributed by atoms with E-state index in [4.69, 9.17) is 16.4 Å². The van der Waals surface area contributed by atoms with E-state index in [2.05, 4.69) is 15.8 Å². The maximum Gasteiger partial charge on any atom is 0.159 e. The number of rotatable bonds is 3. The van der Waals surface area contributed by atoms with Crippen LogP contribution < -0.4 is 10.8 Å².